The van der Waals surface area contributed by atoms with Gasteiger partial charge in [0.2, 0.25) is 0 Å². The summed E-state index contributed by atoms with van der Waals surface area (Å²) in [5.74, 6) is 0. The Hall–Kier alpha value is -5.90. The first-order valence-corrected chi connectivity index (χ1v) is 19.6. The summed E-state index contributed by atoms with van der Waals surface area (Å²) < 4.78 is 0. The van der Waals surface area contributed by atoms with E-state index in [-0.39, 0.29) is 16.4 Å². The largest absolute Gasteiger partial charge is 0.336 e. The van der Waals surface area contributed by atoms with E-state index in [9.17, 15) is 0 Å². The Morgan fingerprint density at radius 2 is 0.891 bits per heavy atom. The number of para-hydroxylation sites is 2. The average Bonchev–Trinajstić information content (AvgIpc) is 3.65. The van der Waals surface area contributed by atoms with Crippen LogP contribution in [-0.4, -0.2) is 17.6 Å². The molecule has 1 heterocycles. The highest BCUT2D eigenvalue weighted by atomic mass is 15.6. The Kier molecular flexibility index (Phi) is 7.37. The quantitative estimate of drug-likeness (QED) is 0.176. The summed E-state index contributed by atoms with van der Waals surface area (Å²) in [5, 5.41) is 4.77. The van der Waals surface area contributed by atoms with Crippen molar-refractivity contribution >= 4 is 22.7 Å². The van der Waals surface area contributed by atoms with Crippen molar-refractivity contribution in [1.29, 1.82) is 0 Å². The third-order valence-electron chi connectivity index (χ3n) is 12.5. The van der Waals surface area contributed by atoms with Gasteiger partial charge in [0, 0.05) is 35.9 Å². The fraction of sp³-hybridized carbons (Fsp3) is 0.192. The number of hydrogen-bond donors (Lipinski definition) is 0. The average molecular weight is 714 g/mol. The zero-order valence-electron chi connectivity index (χ0n) is 32.6. The predicted molar refractivity (Wildman–Crippen MR) is 230 cm³/mol. The first-order valence-electron chi connectivity index (χ1n) is 19.6. The molecule has 0 N–H and O–H groups in total. The van der Waals surface area contributed by atoms with Gasteiger partial charge in [-0.05, 0) is 118 Å². The van der Waals surface area contributed by atoms with Crippen molar-refractivity contribution in [2.75, 3.05) is 17.0 Å². The molecule has 7 aromatic rings. The van der Waals surface area contributed by atoms with Crippen LogP contribution in [-0.2, 0) is 17.4 Å². The standard InChI is InChI=1S/C52H47N3/c1-50(2,3)54(36-29-27-35(28-30-36)34-53(6)55-48-25-15-13-23-45(48)51(4,5)46-24-14-16-26-49(46)55)37-31-32-41-40-19-9-12-22-44(40)52(47(41)33-37)42-20-10-7-17-38(42)39-18-8-11-21-43(39)52/h7-33H,34H2,1-6H3. The van der Waals surface area contributed by atoms with Crippen LogP contribution in [0.3, 0.4) is 0 Å². The molecule has 0 bridgehead atoms. The van der Waals surface area contributed by atoms with Gasteiger partial charge in [-0.2, -0.15) is 0 Å². The van der Waals surface area contributed by atoms with Crippen LogP contribution >= 0.6 is 0 Å². The van der Waals surface area contributed by atoms with E-state index in [1.807, 2.05) is 0 Å². The van der Waals surface area contributed by atoms with Gasteiger partial charge in [0.05, 0.1) is 16.8 Å². The number of benzene rings is 7. The van der Waals surface area contributed by atoms with Crippen molar-refractivity contribution in [2.24, 2.45) is 0 Å². The van der Waals surface area contributed by atoms with Crippen molar-refractivity contribution < 1.29 is 0 Å². The van der Waals surface area contributed by atoms with Crippen molar-refractivity contribution in [3.63, 3.8) is 0 Å². The zero-order chi connectivity index (χ0) is 37.7. The number of fused-ring (bicyclic) bond motifs is 12. The summed E-state index contributed by atoms with van der Waals surface area (Å²) in [4.78, 5) is 2.52. The Morgan fingerprint density at radius 1 is 0.473 bits per heavy atom. The minimum absolute atomic E-state index is 0.0763. The Bertz CT molecular complexity index is 2510. The lowest BCUT2D eigenvalue weighted by atomic mass is 9.70. The summed E-state index contributed by atoms with van der Waals surface area (Å²) in [5.41, 5.74) is 19.0. The predicted octanol–water partition coefficient (Wildman–Crippen LogP) is 12.8. The molecule has 1 spiro atoms. The Balaban J connectivity index is 1.03. The molecule has 0 unspecified atom stereocenters. The van der Waals surface area contributed by atoms with Crippen LogP contribution in [0.4, 0.5) is 22.7 Å². The lowest BCUT2D eigenvalue weighted by Crippen LogP contribution is -2.42. The van der Waals surface area contributed by atoms with Gasteiger partial charge in [0.1, 0.15) is 0 Å². The van der Waals surface area contributed by atoms with Gasteiger partial charge in [-0.25, -0.2) is 5.01 Å². The molecular weight excluding hydrogens is 667 g/mol. The second-order valence-corrected chi connectivity index (χ2v) is 17.1. The van der Waals surface area contributed by atoms with Crippen molar-refractivity contribution in [3.05, 3.63) is 203 Å². The molecule has 1 aliphatic heterocycles. The third-order valence-corrected chi connectivity index (χ3v) is 12.5. The van der Waals surface area contributed by atoms with Crippen LogP contribution in [0.5, 0.6) is 0 Å². The van der Waals surface area contributed by atoms with Gasteiger partial charge in [0.25, 0.3) is 0 Å². The molecule has 0 amide bonds. The minimum atomic E-state index is -0.367. The van der Waals surface area contributed by atoms with Gasteiger partial charge in [-0.15, -0.1) is 0 Å². The molecule has 3 nitrogen and oxygen atoms in total. The van der Waals surface area contributed by atoms with E-state index < -0.39 is 0 Å². The topological polar surface area (TPSA) is 9.72 Å². The molecule has 0 saturated carbocycles. The van der Waals surface area contributed by atoms with E-state index in [0.717, 1.165) is 6.54 Å². The highest BCUT2D eigenvalue weighted by Crippen LogP contribution is 2.63. The van der Waals surface area contributed by atoms with Gasteiger partial charge >= 0.3 is 0 Å². The van der Waals surface area contributed by atoms with Gasteiger partial charge in [-0.3, -0.25) is 5.01 Å². The van der Waals surface area contributed by atoms with E-state index in [1.165, 1.54) is 83.9 Å². The molecule has 7 aromatic carbocycles. The molecule has 55 heavy (non-hydrogen) atoms. The smallest absolute Gasteiger partial charge is 0.0726 e. The van der Waals surface area contributed by atoms with E-state index in [2.05, 4.69) is 220 Å². The third kappa shape index (κ3) is 4.79. The van der Waals surface area contributed by atoms with Crippen LogP contribution in [0.2, 0.25) is 0 Å². The molecule has 0 saturated heterocycles. The second kappa shape index (κ2) is 12.1. The van der Waals surface area contributed by atoms with Crippen LogP contribution in [0, 0.1) is 0 Å². The molecule has 0 aromatic heterocycles. The molecule has 2 aliphatic carbocycles. The van der Waals surface area contributed by atoms with E-state index in [1.54, 1.807) is 0 Å². The molecule has 270 valence electrons. The SMILES string of the molecule is CN(Cc1ccc(N(c2ccc3c(c2)C2(c4ccccc4-c4ccccc42)c2ccccc2-3)C(C)(C)C)cc1)N1c2ccccc2C(C)(C)c2ccccc21. The van der Waals surface area contributed by atoms with Crippen molar-refractivity contribution in [1.82, 2.24) is 5.01 Å². The minimum Gasteiger partial charge on any atom is -0.336 e. The maximum absolute atomic E-state index is 2.52. The van der Waals surface area contributed by atoms with Gasteiger partial charge < -0.3 is 4.90 Å². The summed E-state index contributed by atoms with van der Waals surface area (Å²) in [7, 11) is 2.21. The lowest BCUT2D eigenvalue weighted by molar-refractivity contribution is 0.326. The van der Waals surface area contributed by atoms with Gasteiger partial charge in [-0.1, -0.05) is 141 Å². The number of hydrogen-bond acceptors (Lipinski definition) is 3. The van der Waals surface area contributed by atoms with Crippen molar-refractivity contribution in [3.8, 4) is 22.3 Å². The fourth-order valence-electron chi connectivity index (χ4n) is 10.2. The van der Waals surface area contributed by atoms with Crippen molar-refractivity contribution in [2.45, 2.75) is 57.5 Å². The Labute approximate surface area is 326 Å². The molecule has 0 atom stereocenters. The maximum atomic E-state index is 2.52. The van der Waals surface area contributed by atoms with Crippen LogP contribution < -0.4 is 9.91 Å². The first-order chi connectivity index (χ1) is 26.6. The summed E-state index contributed by atoms with van der Waals surface area (Å²) in [6.07, 6.45) is 0. The van der Waals surface area contributed by atoms with Crippen LogP contribution in [0.1, 0.15) is 73.6 Å². The lowest BCUT2D eigenvalue weighted by Gasteiger charge is -2.45. The normalized spacial score (nSPS) is 15.2. The zero-order valence-corrected chi connectivity index (χ0v) is 32.6. The maximum Gasteiger partial charge on any atom is 0.0726 e. The number of nitrogens with zero attached hydrogens (tertiary/aromatic N) is 3. The molecule has 3 heteroatoms. The summed E-state index contributed by atoms with van der Waals surface area (Å²) >= 11 is 0. The molecule has 10 rings (SSSR count). The fourth-order valence-corrected chi connectivity index (χ4v) is 10.2. The van der Waals surface area contributed by atoms with E-state index >= 15 is 0 Å². The molecular formula is C52H47N3. The first kappa shape index (κ1) is 33.7. The Morgan fingerprint density at radius 3 is 1.38 bits per heavy atom. The number of hydrazine groups is 1. The highest BCUT2D eigenvalue weighted by molar-refractivity contribution is 5.96. The number of rotatable bonds is 5. The van der Waals surface area contributed by atoms with Crippen LogP contribution in [0.25, 0.3) is 22.3 Å². The molecule has 0 radical (unpaired) electrons. The van der Waals surface area contributed by atoms with Gasteiger partial charge in [0.15, 0.2) is 0 Å². The van der Waals surface area contributed by atoms with Crippen LogP contribution in [0.15, 0.2) is 164 Å². The molecule has 0 fully saturated rings. The summed E-state index contributed by atoms with van der Waals surface area (Å²) in [6.45, 7) is 12.4. The monoisotopic (exact) mass is 713 g/mol. The molecule has 3 aliphatic rings. The van der Waals surface area contributed by atoms with E-state index in [0.29, 0.717) is 0 Å². The highest BCUT2D eigenvalue weighted by Gasteiger charge is 2.51. The number of anilines is 4. The second-order valence-electron chi connectivity index (χ2n) is 17.1. The van der Waals surface area contributed by atoms with E-state index in [4.69, 9.17) is 0 Å². The summed E-state index contributed by atoms with van der Waals surface area (Å²) in [6, 6.07) is 61.3.